The Morgan fingerprint density at radius 1 is 1.25 bits per heavy atom. The monoisotopic (exact) mass is 321 g/mol. The molecule has 0 amide bonds. The van der Waals surface area contributed by atoms with Crippen LogP contribution in [0.1, 0.15) is 24.2 Å². The van der Waals surface area contributed by atoms with Crippen LogP contribution in [0.2, 0.25) is 0 Å². The Morgan fingerprint density at radius 3 is 2.83 bits per heavy atom. The lowest BCUT2D eigenvalue weighted by molar-refractivity contribution is 0.639. The zero-order valence-corrected chi connectivity index (χ0v) is 14.2. The molecule has 0 bridgehead atoms. The summed E-state index contributed by atoms with van der Waals surface area (Å²) in [5, 5.41) is 1.20. The summed E-state index contributed by atoms with van der Waals surface area (Å²) >= 11 is 0. The summed E-state index contributed by atoms with van der Waals surface area (Å²) in [5.74, 6) is 0.267. The summed E-state index contributed by atoms with van der Waals surface area (Å²) in [6, 6.07) is 10.7. The molecule has 3 heterocycles. The molecule has 24 heavy (non-hydrogen) atoms. The van der Waals surface area contributed by atoms with Crippen molar-refractivity contribution in [2.45, 2.75) is 25.3 Å². The maximum Gasteiger partial charge on any atom is 0.0946 e. The minimum atomic E-state index is 0.0944. The molecule has 2 atom stereocenters. The van der Waals surface area contributed by atoms with Gasteiger partial charge in [0.25, 0.3) is 0 Å². The van der Waals surface area contributed by atoms with E-state index in [1.165, 1.54) is 11.1 Å². The highest BCUT2D eigenvalue weighted by Crippen LogP contribution is 2.33. The normalized spacial score (nSPS) is 20.9. The van der Waals surface area contributed by atoms with Crippen molar-refractivity contribution in [3.8, 4) is 0 Å². The predicted octanol–water partition coefficient (Wildman–Crippen LogP) is 2.46. The van der Waals surface area contributed by atoms with Crippen LogP contribution in [0.4, 0.5) is 5.69 Å². The molecule has 0 unspecified atom stereocenters. The second-order valence-electron chi connectivity index (χ2n) is 6.64. The number of nitrogens with zero attached hydrogens (tertiary/aromatic N) is 4. The van der Waals surface area contributed by atoms with Crippen molar-refractivity contribution in [3.05, 3.63) is 54.2 Å². The maximum absolute atomic E-state index is 6.46. The number of para-hydroxylation sites is 1. The quantitative estimate of drug-likeness (QED) is 0.805. The highest BCUT2D eigenvalue weighted by atomic mass is 15.2. The van der Waals surface area contributed by atoms with Gasteiger partial charge in [-0.15, -0.1) is 0 Å². The fourth-order valence-electron chi connectivity index (χ4n) is 3.62. The highest BCUT2D eigenvalue weighted by molar-refractivity contribution is 5.92. The Balaban J connectivity index is 1.73. The summed E-state index contributed by atoms with van der Waals surface area (Å²) < 4.78 is 1.99. The largest absolute Gasteiger partial charge is 0.369 e. The van der Waals surface area contributed by atoms with Gasteiger partial charge in [0.05, 0.1) is 17.5 Å². The Morgan fingerprint density at radius 2 is 2.08 bits per heavy atom. The number of anilines is 1. The third-order valence-corrected chi connectivity index (χ3v) is 4.92. The molecule has 1 fully saturated rings. The van der Waals surface area contributed by atoms with Crippen molar-refractivity contribution >= 4 is 16.6 Å². The molecule has 5 heteroatoms. The number of aryl methyl sites for hydroxylation is 2. The van der Waals surface area contributed by atoms with Gasteiger partial charge in [-0.1, -0.05) is 25.1 Å². The predicted molar refractivity (Wildman–Crippen MR) is 97.3 cm³/mol. The van der Waals surface area contributed by atoms with E-state index in [0.717, 1.165) is 36.4 Å². The van der Waals surface area contributed by atoms with Gasteiger partial charge in [-0.3, -0.25) is 4.98 Å². The fraction of sp³-hybridized carbons (Fsp3) is 0.368. The van der Waals surface area contributed by atoms with Gasteiger partial charge in [-0.05, 0) is 18.6 Å². The number of pyridine rings is 1. The van der Waals surface area contributed by atoms with Crippen LogP contribution in [0.5, 0.6) is 0 Å². The lowest BCUT2D eigenvalue weighted by Crippen LogP contribution is -2.29. The molecule has 0 spiro atoms. The molecule has 2 aromatic heterocycles. The van der Waals surface area contributed by atoms with Crippen LogP contribution in [0.25, 0.3) is 10.9 Å². The molecule has 0 radical (unpaired) electrons. The van der Waals surface area contributed by atoms with Gasteiger partial charge >= 0.3 is 0 Å². The van der Waals surface area contributed by atoms with Crippen molar-refractivity contribution in [2.24, 2.45) is 12.8 Å². The highest BCUT2D eigenvalue weighted by Gasteiger charge is 2.33. The maximum atomic E-state index is 6.46. The van der Waals surface area contributed by atoms with Gasteiger partial charge in [0.2, 0.25) is 0 Å². The first-order valence-corrected chi connectivity index (χ1v) is 8.52. The number of imidazole rings is 1. The Bertz CT molecular complexity index is 869. The Kier molecular flexibility index (Phi) is 3.73. The molecule has 1 saturated heterocycles. The first-order chi connectivity index (χ1) is 11.7. The molecule has 0 aliphatic carbocycles. The summed E-state index contributed by atoms with van der Waals surface area (Å²) in [7, 11) is 2.00. The van der Waals surface area contributed by atoms with E-state index in [0.29, 0.717) is 0 Å². The van der Waals surface area contributed by atoms with E-state index in [4.69, 9.17) is 10.7 Å². The van der Waals surface area contributed by atoms with Crippen LogP contribution >= 0.6 is 0 Å². The average Bonchev–Trinajstić information content (AvgIpc) is 3.19. The summed E-state index contributed by atoms with van der Waals surface area (Å²) in [5.41, 5.74) is 11.0. The van der Waals surface area contributed by atoms with Gasteiger partial charge in [-0.2, -0.15) is 0 Å². The lowest BCUT2D eigenvalue weighted by atomic mass is 10.0. The Hall–Kier alpha value is -2.40. The van der Waals surface area contributed by atoms with Crippen LogP contribution in [-0.2, 0) is 13.5 Å². The smallest absolute Gasteiger partial charge is 0.0946 e. The molecule has 3 aromatic rings. The van der Waals surface area contributed by atoms with Crippen LogP contribution in [0, 0.1) is 0 Å². The molecule has 1 aliphatic rings. The number of aromatic nitrogens is 3. The molecule has 4 rings (SSSR count). The van der Waals surface area contributed by atoms with E-state index in [2.05, 4.69) is 47.3 Å². The van der Waals surface area contributed by atoms with E-state index < -0.39 is 0 Å². The third-order valence-electron chi connectivity index (χ3n) is 4.92. The molecule has 5 nitrogen and oxygen atoms in total. The second-order valence-corrected chi connectivity index (χ2v) is 6.64. The summed E-state index contributed by atoms with van der Waals surface area (Å²) in [4.78, 5) is 11.7. The lowest BCUT2D eigenvalue weighted by Gasteiger charge is -2.21. The number of hydrogen-bond acceptors (Lipinski definition) is 4. The second kappa shape index (κ2) is 5.91. The van der Waals surface area contributed by atoms with E-state index in [1.54, 1.807) is 0 Å². The number of rotatable bonds is 3. The molecule has 0 saturated carbocycles. The average molecular weight is 321 g/mol. The van der Waals surface area contributed by atoms with Gasteiger partial charge in [0.1, 0.15) is 0 Å². The molecule has 1 aliphatic heterocycles. The van der Waals surface area contributed by atoms with Crippen molar-refractivity contribution in [2.75, 3.05) is 18.0 Å². The van der Waals surface area contributed by atoms with Gasteiger partial charge in [0.15, 0.2) is 0 Å². The molecule has 124 valence electrons. The zero-order chi connectivity index (χ0) is 16.7. The first-order valence-electron chi connectivity index (χ1n) is 8.52. The number of nitrogens with two attached hydrogens (primary N) is 1. The minimum Gasteiger partial charge on any atom is -0.369 e. The third kappa shape index (κ3) is 2.55. The van der Waals surface area contributed by atoms with Crippen molar-refractivity contribution < 1.29 is 0 Å². The van der Waals surface area contributed by atoms with E-state index >= 15 is 0 Å². The van der Waals surface area contributed by atoms with E-state index in [1.807, 2.05) is 24.0 Å². The molecule has 2 N–H and O–H groups in total. The summed E-state index contributed by atoms with van der Waals surface area (Å²) in [6.07, 6.45) is 4.86. The van der Waals surface area contributed by atoms with Crippen LogP contribution < -0.4 is 10.6 Å². The molecular weight excluding hydrogens is 298 g/mol. The topological polar surface area (TPSA) is 60.0 Å². The van der Waals surface area contributed by atoms with Gasteiger partial charge < -0.3 is 15.2 Å². The minimum absolute atomic E-state index is 0.0944. The first kappa shape index (κ1) is 15.1. The van der Waals surface area contributed by atoms with Gasteiger partial charge in [0, 0.05) is 55.1 Å². The number of benzene rings is 1. The summed E-state index contributed by atoms with van der Waals surface area (Å²) in [6.45, 7) is 3.89. The SMILES string of the molecule is CCc1cc(N2C[C@@H](N)[C@H](c3cn(C)cn3)C2)c2ccccc2n1. The van der Waals surface area contributed by atoms with Gasteiger partial charge in [-0.25, -0.2) is 4.98 Å². The van der Waals surface area contributed by atoms with Crippen molar-refractivity contribution in [1.29, 1.82) is 0 Å². The molecule has 1 aromatic carbocycles. The van der Waals surface area contributed by atoms with Crippen LogP contribution in [0.3, 0.4) is 0 Å². The number of fused-ring (bicyclic) bond motifs is 1. The zero-order valence-electron chi connectivity index (χ0n) is 14.2. The standard InChI is InChI=1S/C19H23N5/c1-3-13-8-19(14-6-4-5-7-17(14)22-13)24-9-15(16(20)10-24)18-11-23(2)12-21-18/h4-8,11-12,15-16H,3,9-10,20H2,1-2H3/t15-,16-/m1/s1. The van der Waals surface area contributed by atoms with E-state index in [9.17, 15) is 0 Å². The van der Waals surface area contributed by atoms with Crippen LogP contribution in [0.15, 0.2) is 42.9 Å². The van der Waals surface area contributed by atoms with E-state index in [-0.39, 0.29) is 12.0 Å². The molecular formula is C19H23N5. The Labute approximate surface area is 142 Å². The van der Waals surface area contributed by atoms with Crippen molar-refractivity contribution in [3.63, 3.8) is 0 Å². The van der Waals surface area contributed by atoms with Crippen molar-refractivity contribution in [1.82, 2.24) is 14.5 Å². The fourth-order valence-corrected chi connectivity index (χ4v) is 3.62. The van der Waals surface area contributed by atoms with Crippen LogP contribution in [-0.4, -0.2) is 33.7 Å². The number of hydrogen-bond donors (Lipinski definition) is 1.